The van der Waals surface area contributed by atoms with E-state index in [1.54, 1.807) is 0 Å². The van der Waals surface area contributed by atoms with E-state index in [2.05, 4.69) is 10.6 Å². The summed E-state index contributed by atoms with van der Waals surface area (Å²) >= 11 is 0. The van der Waals surface area contributed by atoms with Crippen molar-refractivity contribution < 1.29 is 9.53 Å². The third-order valence-corrected chi connectivity index (χ3v) is 2.96. The van der Waals surface area contributed by atoms with Crippen molar-refractivity contribution in [1.29, 1.82) is 0 Å². The van der Waals surface area contributed by atoms with Gasteiger partial charge < -0.3 is 15.4 Å². The first-order valence-electron chi connectivity index (χ1n) is 4.77. The summed E-state index contributed by atoms with van der Waals surface area (Å²) in [7, 11) is 0. The normalized spacial score (nSPS) is 36.8. The summed E-state index contributed by atoms with van der Waals surface area (Å²) in [5, 5.41) is 6.12. The van der Waals surface area contributed by atoms with E-state index in [1.165, 1.54) is 0 Å². The number of hydrogen-bond acceptors (Lipinski definition) is 3. The van der Waals surface area contributed by atoms with E-state index in [0.717, 1.165) is 30.7 Å². The molecule has 0 aromatic carbocycles. The van der Waals surface area contributed by atoms with Crippen LogP contribution in [0.5, 0.6) is 0 Å². The second-order valence-corrected chi connectivity index (χ2v) is 3.75. The molecule has 4 nitrogen and oxygen atoms in total. The molecule has 1 amide bonds. The zero-order chi connectivity index (χ0) is 8.84. The minimum absolute atomic E-state index is 0.0527. The molecule has 3 aliphatic heterocycles. The van der Waals surface area contributed by atoms with E-state index >= 15 is 0 Å². The van der Waals surface area contributed by atoms with Gasteiger partial charge in [0.05, 0.1) is 18.2 Å². The molecule has 2 N–H and O–H groups in total. The van der Waals surface area contributed by atoms with Gasteiger partial charge in [-0.2, -0.15) is 0 Å². The maximum absolute atomic E-state index is 11.4. The number of nitrogens with one attached hydrogen (secondary N) is 2. The molecule has 0 aliphatic carbocycles. The minimum Gasteiger partial charge on any atom is -0.490 e. The van der Waals surface area contributed by atoms with Crippen LogP contribution in [0.4, 0.5) is 0 Å². The van der Waals surface area contributed by atoms with E-state index < -0.39 is 0 Å². The molecule has 4 heteroatoms. The molecule has 0 bridgehead atoms. The molecule has 3 aliphatic rings. The molecule has 70 valence electrons. The molecule has 1 fully saturated rings. The molecule has 0 aromatic heterocycles. The lowest BCUT2D eigenvalue weighted by Crippen LogP contribution is -2.46. The molecule has 3 heterocycles. The molecular weight excluding hydrogens is 168 g/mol. The molecule has 0 aromatic rings. The average Bonchev–Trinajstić information content (AvgIpc) is 2.66. The van der Waals surface area contributed by atoms with E-state index in [-0.39, 0.29) is 18.1 Å². The quantitative estimate of drug-likeness (QED) is 0.529. The standard InChI is InChI=1S/C9H12N2O2/c12-9-7-6(4-11-9)13-5-2-1-3-10-8(5)7/h5,8,10H,1-4H2,(H,11,12). The second kappa shape index (κ2) is 2.48. The highest BCUT2D eigenvalue weighted by atomic mass is 16.5. The smallest absolute Gasteiger partial charge is 0.252 e. The fourth-order valence-corrected chi connectivity index (χ4v) is 2.35. The second-order valence-electron chi connectivity index (χ2n) is 3.75. The Labute approximate surface area is 76.3 Å². The highest BCUT2D eigenvalue weighted by Crippen LogP contribution is 2.32. The number of hydrogen-bond donors (Lipinski definition) is 2. The van der Waals surface area contributed by atoms with E-state index in [1.807, 2.05) is 0 Å². The number of carbonyl (C=O) groups excluding carboxylic acids is 1. The van der Waals surface area contributed by atoms with Crippen molar-refractivity contribution in [2.45, 2.75) is 25.0 Å². The van der Waals surface area contributed by atoms with Crippen molar-refractivity contribution >= 4 is 5.91 Å². The SMILES string of the molecule is O=C1NCC2=C1C1NCCCC1O2. The third-order valence-electron chi connectivity index (χ3n) is 2.96. The van der Waals surface area contributed by atoms with E-state index in [4.69, 9.17) is 4.74 Å². The van der Waals surface area contributed by atoms with Crippen LogP contribution in [0.15, 0.2) is 11.3 Å². The Bertz CT molecular complexity index is 298. The molecule has 0 radical (unpaired) electrons. The van der Waals surface area contributed by atoms with Crippen LogP contribution in [0.25, 0.3) is 0 Å². The van der Waals surface area contributed by atoms with E-state index in [0.29, 0.717) is 6.54 Å². The number of ether oxygens (including phenoxy) is 1. The van der Waals surface area contributed by atoms with Gasteiger partial charge in [-0.3, -0.25) is 4.79 Å². The van der Waals surface area contributed by atoms with Crippen LogP contribution >= 0.6 is 0 Å². The summed E-state index contributed by atoms with van der Waals surface area (Å²) in [4.78, 5) is 11.4. The predicted molar refractivity (Wildman–Crippen MR) is 45.9 cm³/mol. The van der Waals surface area contributed by atoms with Crippen LogP contribution in [-0.2, 0) is 9.53 Å². The first-order valence-corrected chi connectivity index (χ1v) is 4.77. The highest BCUT2D eigenvalue weighted by molar-refractivity contribution is 5.98. The van der Waals surface area contributed by atoms with Gasteiger partial charge in [0.25, 0.3) is 5.91 Å². The van der Waals surface area contributed by atoms with Gasteiger partial charge in [0, 0.05) is 0 Å². The summed E-state index contributed by atoms with van der Waals surface area (Å²) < 4.78 is 5.69. The molecule has 3 rings (SSSR count). The number of fused-ring (bicyclic) bond motifs is 2. The van der Waals surface area contributed by atoms with Crippen molar-refractivity contribution in [2.75, 3.05) is 13.1 Å². The summed E-state index contributed by atoms with van der Waals surface area (Å²) in [6, 6.07) is 0.159. The monoisotopic (exact) mass is 180 g/mol. The van der Waals surface area contributed by atoms with Gasteiger partial charge >= 0.3 is 0 Å². The Kier molecular flexibility index (Phi) is 1.41. The third kappa shape index (κ3) is 0.920. The van der Waals surface area contributed by atoms with E-state index in [9.17, 15) is 4.79 Å². The predicted octanol–water partition coefficient (Wildman–Crippen LogP) is -0.479. The number of rotatable bonds is 0. The van der Waals surface area contributed by atoms with Crippen molar-refractivity contribution in [1.82, 2.24) is 10.6 Å². The largest absolute Gasteiger partial charge is 0.490 e. The van der Waals surface area contributed by atoms with Gasteiger partial charge in [0.1, 0.15) is 11.9 Å². The molecular formula is C9H12N2O2. The van der Waals surface area contributed by atoms with Crippen LogP contribution in [0.2, 0.25) is 0 Å². The maximum Gasteiger partial charge on any atom is 0.252 e. The Hall–Kier alpha value is -1.03. The first-order chi connectivity index (χ1) is 6.36. The van der Waals surface area contributed by atoms with Gasteiger partial charge in [-0.25, -0.2) is 0 Å². The van der Waals surface area contributed by atoms with Crippen LogP contribution in [0.1, 0.15) is 12.8 Å². The van der Waals surface area contributed by atoms with Gasteiger partial charge in [-0.1, -0.05) is 0 Å². The molecule has 2 atom stereocenters. The highest BCUT2D eigenvalue weighted by Gasteiger charge is 2.43. The van der Waals surface area contributed by atoms with Crippen LogP contribution in [0, 0.1) is 0 Å². The van der Waals surface area contributed by atoms with Gasteiger partial charge in [0.15, 0.2) is 0 Å². The van der Waals surface area contributed by atoms with Gasteiger partial charge in [-0.05, 0) is 19.4 Å². The van der Waals surface area contributed by atoms with Crippen molar-refractivity contribution in [2.24, 2.45) is 0 Å². The molecule has 0 spiro atoms. The molecule has 2 unspecified atom stereocenters. The molecule has 13 heavy (non-hydrogen) atoms. The zero-order valence-corrected chi connectivity index (χ0v) is 7.30. The Morgan fingerprint density at radius 1 is 1.46 bits per heavy atom. The summed E-state index contributed by atoms with van der Waals surface area (Å²) in [6.45, 7) is 1.58. The Morgan fingerprint density at radius 2 is 2.38 bits per heavy atom. The number of carbonyl (C=O) groups is 1. The van der Waals surface area contributed by atoms with Crippen LogP contribution in [-0.4, -0.2) is 31.1 Å². The average molecular weight is 180 g/mol. The van der Waals surface area contributed by atoms with Gasteiger partial charge in [0.2, 0.25) is 0 Å². The molecule has 0 saturated carbocycles. The topological polar surface area (TPSA) is 50.4 Å². The lowest BCUT2D eigenvalue weighted by molar-refractivity contribution is -0.117. The lowest BCUT2D eigenvalue weighted by atomic mass is 9.96. The Balaban J connectivity index is 1.93. The fraction of sp³-hybridized carbons (Fsp3) is 0.667. The zero-order valence-electron chi connectivity index (χ0n) is 7.30. The number of piperidine rings is 1. The molecule has 1 saturated heterocycles. The van der Waals surface area contributed by atoms with Gasteiger partial charge in [-0.15, -0.1) is 0 Å². The summed E-state index contributed by atoms with van der Waals surface area (Å²) in [5.41, 5.74) is 0.852. The minimum atomic E-state index is 0.0527. The van der Waals surface area contributed by atoms with Crippen molar-refractivity contribution in [3.63, 3.8) is 0 Å². The van der Waals surface area contributed by atoms with Crippen molar-refractivity contribution in [3.8, 4) is 0 Å². The number of amides is 1. The Morgan fingerprint density at radius 3 is 3.31 bits per heavy atom. The van der Waals surface area contributed by atoms with Crippen molar-refractivity contribution in [3.05, 3.63) is 11.3 Å². The maximum atomic E-state index is 11.4. The van der Waals surface area contributed by atoms with Crippen LogP contribution in [0.3, 0.4) is 0 Å². The fourth-order valence-electron chi connectivity index (χ4n) is 2.35. The lowest BCUT2D eigenvalue weighted by Gasteiger charge is -2.27. The summed E-state index contributed by atoms with van der Waals surface area (Å²) in [5.74, 6) is 0.923. The first kappa shape index (κ1) is 7.38. The summed E-state index contributed by atoms with van der Waals surface area (Å²) in [6.07, 6.45) is 2.42. The van der Waals surface area contributed by atoms with Crippen LogP contribution < -0.4 is 10.6 Å².